The van der Waals surface area contributed by atoms with Gasteiger partial charge in [-0.15, -0.1) is 0 Å². The smallest absolute Gasteiger partial charge is 0.240 e. The van der Waals surface area contributed by atoms with E-state index in [1.54, 1.807) is 18.2 Å². The predicted octanol–water partition coefficient (Wildman–Crippen LogP) is 1.84. The number of benzene rings is 1. The number of nitrogens with one attached hydrogen (secondary N) is 1. The largest absolute Gasteiger partial charge is 0.399 e. The van der Waals surface area contributed by atoms with Gasteiger partial charge < -0.3 is 16.8 Å². The third kappa shape index (κ3) is 3.03. The van der Waals surface area contributed by atoms with Crippen LogP contribution in [-0.4, -0.2) is 11.9 Å². The van der Waals surface area contributed by atoms with Gasteiger partial charge in [0.25, 0.3) is 0 Å². The van der Waals surface area contributed by atoms with Gasteiger partial charge in [0, 0.05) is 5.69 Å². The van der Waals surface area contributed by atoms with Crippen LogP contribution in [0.4, 0.5) is 11.4 Å². The second kappa shape index (κ2) is 5.07. The lowest BCUT2D eigenvalue weighted by Gasteiger charge is -2.20. The molecule has 1 unspecified atom stereocenters. The Morgan fingerprint density at radius 3 is 2.50 bits per heavy atom. The zero-order valence-corrected chi connectivity index (χ0v) is 10.1. The minimum Gasteiger partial charge on any atom is -0.399 e. The summed E-state index contributed by atoms with van der Waals surface area (Å²) in [6.07, 6.45) is 0. The van der Waals surface area contributed by atoms with E-state index in [2.05, 4.69) is 5.32 Å². The number of hydrogen-bond donors (Lipinski definition) is 3. The van der Waals surface area contributed by atoms with Crippen molar-refractivity contribution in [1.29, 1.82) is 0 Å². The van der Waals surface area contributed by atoms with Gasteiger partial charge in [0.05, 0.1) is 10.7 Å². The fourth-order valence-electron chi connectivity index (χ4n) is 1.38. The molecule has 1 aromatic carbocycles. The topological polar surface area (TPSA) is 81.1 Å². The number of primary amides is 1. The average molecular weight is 242 g/mol. The van der Waals surface area contributed by atoms with Crippen LogP contribution in [0.1, 0.15) is 13.8 Å². The van der Waals surface area contributed by atoms with Gasteiger partial charge in [-0.05, 0) is 24.1 Å². The Morgan fingerprint density at radius 2 is 2.06 bits per heavy atom. The molecule has 0 saturated heterocycles. The van der Waals surface area contributed by atoms with Gasteiger partial charge in [0.1, 0.15) is 6.04 Å². The summed E-state index contributed by atoms with van der Waals surface area (Å²) in [5.74, 6) is -0.311. The van der Waals surface area contributed by atoms with Crippen molar-refractivity contribution < 1.29 is 4.79 Å². The van der Waals surface area contributed by atoms with Crippen molar-refractivity contribution in [3.8, 4) is 0 Å². The maximum atomic E-state index is 11.2. The highest BCUT2D eigenvalue weighted by molar-refractivity contribution is 6.33. The minimum atomic E-state index is -0.443. The summed E-state index contributed by atoms with van der Waals surface area (Å²) in [5, 5.41) is 3.49. The first kappa shape index (κ1) is 12.6. The number of anilines is 2. The van der Waals surface area contributed by atoms with Crippen molar-refractivity contribution in [3.05, 3.63) is 23.2 Å². The molecule has 0 spiro atoms. The van der Waals surface area contributed by atoms with E-state index in [0.29, 0.717) is 16.4 Å². The number of nitrogens with two attached hydrogens (primary N) is 2. The molecule has 0 aliphatic rings. The summed E-state index contributed by atoms with van der Waals surface area (Å²) in [6, 6.07) is 4.63. The number of halogens is 1. The molecule has 0 bridgehead atoms. The lowest BCUT2D eigenvalue weighted by Crippen LogP contribution is -2.39. The Balaban J connectivity index is 2.90. The molecule has 1 amide bonds. The van der Waals surface area contributed by atoms with E-state index >= 15 is 0 Å². The zero-order chi connectivity index (χ0) is 12.3. The molecule has 0 radical (unpaired) electrons. The molecule has 16 heavy (non-hydrogen) atoms. The molecule has 4 nitrogen and oxygen atoms in total. The number of nitrogen functional groups attached to an aromatic ring is 1. The third-order valence-electron chi connectivity index (χ3n) is 2.28. The Morgan fingerprint density at radius 1 is 1.44 bits per heavy atom. The van der Waals surface area contributed by atoms with Gasteiger partial charge in [-0.1, -0.05) is 25.4 Å². The summed E-state index contributed by atoms with van der Waals surface area (Å²) < 4.78 is 0. The van der Waals surface area contributed by atoms with Crippen LogP contribution < -0.4 is 16.8 Å². The van der Waals surface area contributed by atoms with Crippen molar-refractivity contribution in [2.24, 2.45) is 11.7 Å². The van der Waals surface area contributed by atoms with Crippen molar-refractivity contribution in [2.45, 2.75) is 19.9 Å². The van der Waals surface area contributed by atoms with Crippen LogP contribution in [0.25, 0.3) is 0 Å². The highest BCUT2D eigenvalue weighted by Gasteiger charge is 2.19. The monoisotopic (exact) mass is 241 g/mol. The molecule has 88 valence electrons. The molecule has 5 N–H and O–H groups in total. The van der Waals surface area contributed by atoms with E-state index in [4.69, 9.17) is 23.1 Å². The lowest BCUT2D eigenvalue weighted by atomic mass is 10.0. The van der Waals surface area contributed by atoms with Gasteiger partial charge in [-0.3, -0.25) is 4.79 Å². The van der Waals surface area contributed by atoms with Crippen molar-refractivity contribution in [1.82, 2.24) is 0 Å². The number of carbonyl (C=O) groups is 1. The first-order valence-corrected chi connectivity index (χ1v) is 5.40. The maximum absolute atomic E-state index is 11.2. The van der Waals surface area contributed by atoms with Crippen molar-refractivity contribution >= 4 is 28.9 Å². The molecule has 1 rings (SSSR count). The molecule has 1 aromatic rings. The molecule has 0 saturated carbocycles. The highest BCUT2D eigenvalue weighted by atomic mass is 35.5. The number of hydrogen-bond acceptors (Lipinski definition) is 3. The highest BCUT2D eigenvalue weighted by Crippen LogP contribution is 2.25. The van der Waals surface area contributed by atoms with E-state index in [1.807, 2.05) is 13.8 Å². The van der Waals surface area contributed by atoms with E-state index in [9.17, 15) is 4.79 Å². The predicted molar refractivity (Wildman–Crippen MR) is 67.3 cm³/mol. The van der Waals surface area contributed by atoms with Crippen LogP contribution in [-0.2, 0) is 4.79 Å². The summed E-state index contributed by atoms with van der Waals surface area (Å²) in [7, 11) is 0. The molecule has 1 atom stereocenters. The van der Waals surface area contributed by atoms with E-state index in [1.165, 1.54) is 0 Å². The summed E-state index contributed by atoms with van der Waals surface area (Å²) in [6.45, 7) is 3.82. The molecular weight excluding hydrogens is 226 g/mol. The van der Waals surface area contributed by atoms with E-state index in [-0.39, 0.29) is 5.92 Å². The Hall–Kier alpha value is -1.42. The van der Waals surface area contributed by atoms with Crippen molar-refractivity contribution in [3.63, 3.8) is 0 Å². The number of rotatable bonds is 4. The Labute approximate surface area is 100.0 Å². The van der Waals surface area contributed by atoms with Crippen LogP contribution in [0.3, 0.4) is 0 Å². The van der Waals surface area contributed by atoms with Crippen molar-refractivity contribution in [2.75, 3.05) is 11.1 Å². The standard InChI is InChI=1S/C11H16ClN3O/c1-6(2)10(11(14)16)15-9-4-3-7(13)5-8(9)12/h3-6,10,15H,13H2,1-2H3,(H2,14,16). The SMILES string of the molecule is CC(C)C(Nc1ccc(N)cc1Cl)C(N)=O. The molecule has 0 heterocycles. The Bertz CT molecular complexity index is 393. The molecular formula is C11H16ClN3O. The first-order chi connectivity index (χ1) is 7.41. The molecule has 0 aliphatic carbocycles. The first-order valence-electron chi connectivity index (χ1n) is 5.02. The second-order valence-corrected chi connectivity index (χ2v) is 4.41. The maximum Gasteiger partial charge on any atom is 0.240 e. The normalized spacial score (nSPS) is 12.5. The van der Waals surface area contributed by atoms with Gasteiger partial charge in [0.2, 0.25) is 5.91 Å². The zero-order valence-electron chi connectivity index (χ0n) is 9.33. The lowest BCUT2D eigenvalue weighted by molar-refractivity contribution is -0.119. The summed E-state index contributed by atoms with van der Waals surface area (Å²) >= 11 is 5.99. The van der Waals surface area contributed by atoms with Crippen LogP contribution in [0, 0.1) is 5.92 Å². The van der Waals surface area contributed by atoms with Crippen LogP contribution in [0.15, 0.2) is 18.2 Å². The molecule has 0 aliphatic heterocycles. The van der Waals surface area contributed by atoms with Crippen LogP contribution in [0.5, 0.6) is 0 Å². The average Bonchev–Trinajstić information content (AvgIpc) is 2.15. The van der Waals surface area contributed by atoms with Gasteiger partial charge >= 0.3 is 0 Å². The molecule has 0 fully saturated rings. The Kier molecular flexibility index (Phi) is 4.01. The minimum absolute atomic E-state index is 0.0890. The van der Waals surface area contributed by atoms with Gasteiger partial charge in [-0.25, -0.2) is 0 Å². The van der Waals surface area contributed by atoms with E-state index < -0.39 is 11.9 Å². The number of amides is 1. The number of carbonyl (C=O) groups excluding carboxylic acids is 1. The van der Waals surface area contributed by atoms with E-state index in [0.717, 1.165) is 0 Å². The fourth-order valence-corrected chi connectivity index (χ4v) is 1.63. The quantitative estimate of drug-likeness (QED) is 0.704. The van der Waals surface area contributed by atoms with Gasteiger partial charge in [-0.2, -0.15) is 0 Å². The summed E-state index contributed by atoms with van der Waals surface area (Å²) in [5.41, 5.74) is 12.1. The fraction of sp³-hybridized carbons (Fsp3) is 0.364. The molecule has 5 heteroatoms. The third-order valence-corrected chi connectivity index (χ3v) is 2.59. The molecule has 0 aromatic heterocycles. The summed E-state index contributed by atoms with van der Waals surface area (Å²) in [4.78, 5) is 11.2. The van der Waals surface area contributed by atoms with Crippen LogP contribution in [0.2, 0.25) is 5.02 Å². The van der Waals surface area contributed by atoms with Gasteiger partial charge in [0.15, 0.2) is 0 Å². The second-order valence-electron chi connectivity index (χ2n) is 4.01. The van der Waals surface area contributed by atoms with Crippen LogP contribution >= 0.6 is 11.6 Å².